The van der Waals surface area contributed by atoms with Gasteiger partial charge in [0, 0.05) is 27.7 Å². The third-order valence-electron chi connectivity index (χ3n) is 3.56. The van der Waals surface area contributed by atoms with Gasteiger partial charge in [-0.15, -0.1) is 0 Å². The highest BCUT2D eigenvalue weighted by Gasteiger charge is 2.12. The SMILES string of the molecule is Cc1ccc(CNc2nc(N(C)C)nc3c2cnn3C)cc1. The molecular formula is C16H20N6. The molecule has 22 heavy (non-hydrogen) atoms. The Morgan fingerprint density at radius 2 is 1.86 bits per heavy atom. The number of nitrogens with one attached hydrogen (secondary N) is 1. The van der Waals surface area contributed by atoms with Crippen LogP contribution in [0.5, 0.6) is 0 Å². The molecule has 3 rings (SSSR count). The van der Waals surface area contributed by atoms with E-state index < -0.39 is 0 Å². The van der Waals surface area contributed by atoms with Crippen molar-refractivity contribution in [1.82, 2.24) is 19.7 Å². The summed E-state index contributed by atoms with van der Waals surface area (Å²) in [5.74, 6) is 1.48. The molecule has 0 radical (unpaired) electrons. The summed E-state index contributed by atoms with van der Waals surface area (Å²) in [6.45, 7) is 2.80. The van der Waals surface area contributed by atoms with E-state index >= 15 is 0 Å². The lowest BCUT2D eigenvalue weighted by Gasteiger charge is -2.13. The Morgan fingerprint density at radius 1 is 1.14 bits per heavy atom. The van der Waals surface area contributed by atoms with E-state index in [1.165, 1.54) is 11.1 Å². The number of aryl methyl sites for hydroxylation is 2. The Labute approximate surface area is 129 Å². The van der Waals surface area contributed by atoms with Gasteiger partial charge in [-0.1, -0.05) is 29.8 Å². The second-order valence-electron chi connectivity index (χ2n) is 5.61. The lowest BCUT2D eigenvalue weighted by atomic mass is 10.1. The van der Waals surface area contributed by atoms with Gasteiger partial charge in [-0.05, 0) is 12.5 Å². The second kappa shape index (κ2) is 5.63. The number of nitrogens with zero attached hydrogens (tertiary/aromatic N) is 5. The van der Waals surface area contributed by atoms with Crippen LogP contribution in [-0.4, -0.2) is 33.8 Å². The van der Waals surface area contributed by atoms with E-state index in [2.05, 4.69) is 51.6 Å². The molecule has 0 unspecified atom stereocenters. The number of fused-ring (bicyclic) bond motifs is 1. The minimum Gasteiger partial charge on any atom is -0.365 e. The van der Waals surface area contributed by atoms with E-state index in [1.807, 2.05) is 26.0 Å². The normalized spacial score (nSPS) is 10.9. The van der Waals surface area contributed by atoms with Crippen LogP contribution < -0.4 is 10.2 Å². The van der Waals surface area contributed by atoms with Crippen molar-refractivity contribution in [3.05, 3.63) is 41.6 Å². The molecule has 0 aliphatic heterocycles. The average molecular weight is 296 g/mol. The highest BCUT2D eigenvalue weighted by Crippen LogP contribution is 2.22. The van der Waals surface area contributed by atoms with E-state index in [1.54, 1.807) is 10.9 Å². The third kappa shape index (κ3) is 2.72. The molecule has 1 N–H and O–H groups in total. The van der Waals surface area contributed by atoms with Crippen LogP contribution in [0.1, 0.15) is 11.1 Å². The summed E-state index contributed by atoms with van der Waals surface area (Å²) in [5, 5.41) is 8.61. The Kier molecular flexibility index (Phi) is 3.66. The maximum absolute atomic E-state index is 4.60. The van der Waals surface area contributed by atoms with Gasteiger partial charge in [-0.2, -0.15) is 15.1 Å². The number of anilines is 2. The fourth-order valence-corrected chi connectivity index (χ4v) is 2.24. The summed E-state index contributed by atoms with van der Waals surface area (Å²) in [6.07, 6.45) is 1.80. The molecule has 0 amide bonds. The minimum atomic E-state index is 0.669. The molecule has 2 aromatic heterocycles. The highest BCUT2D eigenvalue weighted by molar-refractivity contribution is 5.87. The number of aromatic nitrogens is 4. The lowest BCUT2D eigenvalue weighted by molar-refractivity contribution is 0.784. The first-order valence-corrected chi connectivity index (χ1v) is 7.21. The first-order valence-electron chi connectivity index (χ1n) is 7.21. The first-order chi connectivity index (χ1) is 10.5. The molecule has 3 aromatic rings. The van der Waals surface area contributed by atoms with E-state index in [4.69, 9.17) is 0 Å². The van der Waals surface area contributed by atoms with Gasteiger partial charge in [0.2, 0.25) is 5.95 Å². The van der Waals surface area contributed by atoms with Gasteiger partial charge in [0.25, 0.3) is 0 Å². The minimum absolute atomic E-state index is 0.669. The molecule has 0 aliphatic rings. The van der Waals surface area contributed by atoms with Crippen LogP contribution in [0, 0.1) is 6.92 Å². The quantitative estimate of drug-likeness (QED) is 0.801. The number of hydrogen-bond acceptors (Lipinski definition) is 5. The van der Waals surface area contributed by atoms with Crippen LogP contribution in [0.15, 0.2) is 30.5 Å². The molecule has 0 bridgehead atoms. The molecule has 114 valence electrons. The zero-order chi connectivity index (χ0) is 15.7. The van der Waals surface area contributed by atoms with Crippen LogP contribution in [0.2, 0.25) is 0 Å². The van der Waals surface area contributed by atoms with E-state index in [0.717, 1.165) is 16.9 Å². The number of hydrogen-bond donors (Lipinski definition) is 1. The van der Waals surface area contributed by atoms with Gasteiger partial charge in [-0.3, -0.25) is 4.68 Å². The fourth-order valence-electron chi connectivity index (χ4n) is 2.24. The van der Waals surface area contributed by atoms with Crippen molar-refractivity contribution in [3.63, 3.8) is 0 Å². The molecule has 1 aromatic carbocycles. The summed E-state index contributed by atoms with van der Waals surface area (Å²) >= 11 is 0. The Bertz CT molecular complexity index is 788. The standard InChI is InChI=1S/C16H20N6/c1-11-5-7-12(8-6-11)9-17-14-13-10-18-22(4)15(13)20-16(19-14)21(2)3/h5-8,10H,9H2,1-4H3,(H,17,19,20). The molecule has 0 atom stereocenters. The van der Waals surface area contributed by atoms with Gasteiger partial charge < -0.3 is 10.2 Å². The molecule has 0 fully saturated rings. The summed E-state index contributed by atoms with van der Waals surface area (Å²) in [4.78, 5) is 11.0. The zero-order valence-electron chi connectivity index (χ0n) is 13.3. The van der Waals surface area contributed by atoms with E-state index in [0.29, 0.717) is 12.5 Å². The fraction of sp³-hybridized carbons (Fsp3) is 0.312. The smallest absolute Gasteiger partial charge is 0.228 e. The van der Waals surface area contributed by atoms with Crippen LogP contribution in [0.3, 0.4) is 0 Å². The van der Waals surface area contributed by atoms with Crippen LogP contribution in [0.4, 0.5) is 11.8 Å². The largest absolute Gasteiger partial charge is 0.365 e. The second-order valence-corrected chi connectivity index (χ2v) is 5.61. The van der Waals surface area contributed by atoms with Gasteiger partial charge >= 0.3 is 0 Å². The molecule has 0 aliphatic carbocycles. The van der Waals surface area contributed by atoms with Crippen molar-refractivity contribution in [3.8, 4) is 0 Å². The van der Waals surface area contributed by atoms with Gasteiger partial charge in [0.1, 0.15) is 5.82 Å². The molecule has 0 spiro atoms. The predicted octanol–water partition coefficient (Wildman–Crippen LogP) is 2.35. The van der Waals surface area contributed by atoms with Crippen molar-refractivity contribution in [2.24, 2.45) is 7.05 Å². The molecule has 0 saturated carbocycles. The average Bonchev–Trinajstić information content (AvgIpc) is 2.88. The highest BCUT2D eigenvalue weighted by atomic mass is 15.3. The van der Waals surface area contributed by atoms with Crippen molar-refractivity contribution < 1.29 is 0 Å². The Morgan fingerprint density at radius 3 is 2.55 bits per heavy atom. The third-order valence-corrected chi connectivity index (χ3v) is 3.56. The summed E-state index contributed by atoms with van der Waals surface area (Å²) in [7, 11) is 5.75. The Hall–Kier alpha value is -2.63. The topological polar surface area (TPSA) is 58.9 Å². The van der Waals surface area contributed by atoms with Crippen molar-refractivity contribution in [2.45, 2.75) is 13.5 Å². The first kappa shape index (κ1) is 14.3. The van der Waals surface area contributed by atoms with Crippen molar-refractivity contribution in [2.75, 3.05) is 24.3 Å². The molecular weight excluding hydrogens is 276 g/mol. The maximum atomic E-state index is 4.60. The van der Waals surface area contributed by atoms with Gasteiger partial charge in [0.15, 0.2) is 5.65 Å². The van der Waals surface area contributed by atoms with E-state index in [9.17, 15) is 0 Å². The Balaban J connectivity index is 1.93. The monoisotopic (exact) mass is 296 g/mol. The van der Waals surface area contributed by atoms with Crippen molar-refractivity contribution in [1.29, 1.82) is 0 Å². The van der Waals surface area contributed by atoms with Gasteiger partial charge in [-0.25, -0.2) is 0 Å². The van der Waals surface area contributed by atoms with Crippen LogP contribution in [-0.2, 0) is 13.6 Å². The predicted molar refractivity (Wildman–Crippen MR) is 89.1 cm³/mol. The lowest BCUT2D eigenvalue weighted by Crippen LogP contribution is -2.14. The molecule has 2 heterocycles. The van der Waals surface area contributed by atoms with Crippen LogP contribution in [0.25, 0.3) is 11.0 Å². The molecule has 6 heteroatoms. The molecule has 0 saturated heterocycles. The maximum Gasteiger partial charge on any atom is 0.228 e. The van der Waals surface area contributed by atoms with Gasteiger partial charge in [0.05, 0.1) is 11.6 Å². The molecule has 6 nitrogen and oxygen atoms in total. The van der Waals surface area contributed by atoms with Crippen LogP contribution >= 0.6 is 0 Å². The summed E-state index contributed by atoms with van der Waals surface area (Å²) in [5.41, 5.74) is 3.30. The van der Waals surface area contributed by atoms with E-state index in [-0.39, 0.29) is 0 Å². The zero-order valence-corrected chi connectivity index (χ0v) is 13.3. The number of benzene rings is 1. The van der Waals surface area contributed by atoms with Crippen molar-refractivity contribution >= 4 is 22.8 Å². The number of rotatable bonds is 4. The summed E-state index contributed by atoms with van der Waals surface area (Å²) < 4.78 is 1.76. The summed E-state index contributed by atoms with van der Waals surface area (Å²) in [6, 6.07) is 8.47.